The van der Waals surface area contributed by atoms with Crippen LogP contribution in [-0.4, -0.2) is 52.0 Å². The Morgan fingerprint density at radius 2 is 1.77 bits per heavy atom. The van der Waals surface area contributed by atoms with Crippen molar-refractivity contribution < 1.29 is 22.7 Å². The number of nitrogens with one attached hydrogen (secondary N) is 1. The van der Waals surface area contributed by atoms with E-state index in [1.807, 2.05) is 0 Å². The van der Waals surface area contributed by atoms with E-state index in [2.05, 4.69) is 12.2 Å². The minimum Gasteiger partial charge on any atom is -0.497 e. The molecular formula is C22H27ClN2O5S. The SMILES string of the molecule is COc1ccc(OCCNC(=O)c2cc(S(=O)(=O)N3CCC(C)CC3)ccc2Cl)cc1. The number of carbonyl (C=O) groups is 1. The second kappa shape index (κ2) is 10.3. The minimum atomic E-state index is -3.67. The molecule has 0 aromatic heterocycles. The van der Waals surface area contributed by atoms with Crippen molar-refractivity contribution in [3.05, 3.63) is 53.1 Å². The number of hydrogen-bond acceptors (Lipinski definition) is 5. The molecule has 1 saturated heterocycles. The highest BCUT2D eigenvalue weighted by Crippen LogP contribution is 2.26. The first-order valence-electron chi connectivity index (χ1n) is 10.2. The van der Waals surface area contributed by atoms with E-state index in [0.29, 0.717) is 24.8 Å². The Hall–Kier alpha value is -2.29. The number of amides is 1. The van der Waals surface area contributed by atoms with E-state index in [1.165, 1.54) is 22.5 Å². The van der Waals surface area contributed by atoms with Crippen LogP contribution in [-0.2, 0) is 10.0 Å². The number of nitrogens with zero attached hydrogens (tertiary/aromatic N) is 1. The first-order valence-corrected chi connectivity index (χ1v) is 12.0. The second-order valence-corrected chi connectivity index (χ2v) is 9.85. The summed E-state index contributed by atoms with van der Waals surface area (Å²) in [6, 6.07) is 11.3. The molecule has 0 atom stereocenters. The van der Waals surface area contributed by atoms with E-state index in [-0.39, 0.29) is 28.6 Å². The number of hydrogen-bond donors (Lipinski definition) is 1. The summed E-state index contributed by atoms with van der Waals surface area (Å²) in [7, 11) is -2.08. The second-order valence-electron chi connectivity index (χ2n) is 7.51. The number of benzene rings is 2. The molecule has 2 aromatic rings. The summed E-state index contributed by atoms with van der Waals surface area (Å²) in [5.74, 6) is 1.44. The standard InChI is InChI=1S/C22H27ClN2O5S/c1-16-9-12-25(13-10-16)31(27,28)19-7-8-21(23)20(15-19)22(26)24-11-14-30-18-5-3-17(29-2)4-6-18/h3-8,15-16H,9-14H2,1-2H3,(H,24,26). The Bertz CT molecular complexity index is 1000. The van der Waals surface area contributed by atoms with Crippen molar-refractivity contribution in [1.82, 2.24) is 9.62 Å². The van der Waals surface area contributed by atoms with E-state index < -0.39 is 15.9 Å². The molecule has 9 heteroatoms. The van der Waals surface area contributed by atoms with Gasteiger partial charge in [-0.3, -0.25) is 4.79 Å². The fraction of sp³-hybridized carbons (Fsp3) is 0.409. The lowest BCUT2D eigenvalue weighted by molar-refractivity contribution is 0.0947. The number of ether oxygens (including phenoxy) is 2. The van der Waals surface area contributed by atoms with E-state index in [4.69, 9.17) is 21.1 Å². The predicted molar refractivity (Wildman–Crippen MR) is 119 cm³/mol. The zero-order valence-corrected chi connectivity index (χ0v) is 19.2. The Kier molecular flexibility index (Phi) is 7.80. The Labute approximate surface area is 188 Å². The molecule has 7 nitrogen and oxygen atoms in total. The van der Waals surface area contributed by atoms with E-state index >= 15 is 0 Å². The van der Waals surface area contributed by atoms with Crippen LogP contribution in [0.3, 0.4) is 0 Å². The van der Waals surface area contributed by atoms with Gasteiger partial charge in [-0.05, 0) is 61.2 Å². The number of rotatable bonds is 8. The average Bonchev–Trinajstić information content (AvgIpc) is 2.77. The smallest absolute Gasteiger partial charge is 0.252 e. The van der Waals surface area contributed by atoms with Gasteiger partial charge in [-0.25, -0.2) is 8.42 Å². The summed E-state index contributed by atoms with van der Waals surface area (Å²) in [5.41, 5.74) is 0.123. The fourth-order valence-electron chi connectivity index (χ4n) is 3.31. The summed E-state index contributed by atoms with van der Waals surface area (Å²) in [6.45, 7) is 3.57. The Morgan fingerprint density at radius 3 is 2.42 bits per heavy atom. The normalized spacial score (nSPS) is 15.5. The molecule has 0 radical (unpaired) electrons. The van der Waals surface area contributed by atoms with Crippen molar-refractivity contribution in [2.45, 2.75) is 24.7 Å². The zero-order chi connectivity index (χ0) is 22.4. The number of sulfonamides is 1. The average molecular weight is 467 g/mol. The van der Waals surface area contributed by atoms with E-state index in [9.17, 15) is 13.2 Å². The predicted octanol–water partition coefficient (Wildman–Crippen LogP) is 3.58. The maximum Gasteiger partial charge on any atom is 0.252 e. The van der Waals surface area contributed by atoms with Gasteiger partial charge < -0.3 is 14.8 Å². The molecule has 2 aromatic carbocycles. The zero-order valence-electron chi connectivity index (χ0n) is 17.6. The first kappa shape index (κ1) is 23.4. The van der Waals surface area contributed by atoms with Gasteiger partial charge in [0.15, 0.2) is 0 Å². The Morgan fingerprint density at radius 1 is 1.13 bits per heavy atom. The summed E-state index contributed by atoms with van der Waals surface area (Å²) in [4.78, 5) is 12.7. The summed E-state index contributed by atoms with van der Waals surface area (Å²) in [5, 5.41) is 2.91. The van der Waals surface area contributed by atoms with Crippen LogP contribution >= 0.6 is 11.6 Å². The van der Waals surface area contributed by atoms with Gasteiger partial charge in [0.25, 0.3) is 5.91 Å². The van der Waals surface area contributed by atoms with E-state index in [0.717, 1.165) is 18.6 Å². The maximum atomic E-state index is 13.0. The van der Waals surface area contributed by atoms with Gasteiger partial charge in [-0.15, -0.1) is 0 Å². The van der Waals surface area contributed by atoms with Crippen LogP contribution in [0.2, 0.25) is 5.02 Å². The molecule has 1 N–H and O–H groups in total. The van der Waals surface area contributed by atoms with Gasteiger partial charge in [0.05, 0.1) is 29.1 Å². The highest BCUT2D eigenvalue weighted by molar-refractivity contribution is 7.89. The first-order chi connectivity index (χ1) is 14.8. The molecule has 0 saturated carbocycles. The van der Waals surface area contributed by atoms with Crippen LogP contribution in [0, 0.1) is 5.92 Å². The van der Waals surface area contributed by atoms with Crippen LogP contribution in [0.5, 0.6) is 11.5 Å². The van der Waals surface area contributed by atoms with Crippen molar-refractivity contribution in [1.29, 1.82) is 0 Å². The summed E-state index contributed by atoms with van der Waals surface area (Å²) < 4.78 is 38.1. The number of piperidine rings is 1. The molecular weight excluding hydrogens is 440 g/mol. The molecule has 1 aliphatic heterocycles. The lowest BCUT2D eigenvalue weighted by Gasteiger charge is -2.29. The highest BCUT2D eigenvalue weighted by atomic mass is 35.5. The maximum absolute atomic E-state index is 13.0. The van der Waals surface area contributed by atoms with E-state index in [1.54, 1.807) is 31.4 Å². The van der Waals surface area contributed by atoms with Crippen molar-refractivity contribution in [2.75, 3.05) is 33.4 Å². The van der Waals surface area contributed by atoms with Crippen LogP contribution in [0.4, 0.5) is 0 Å². The minimum absolute atomic E-state index is 0.0751. The monoisotopic (exact) mass is 466 g/mol. The summed E-state index contributed by atoms with van der Waals surface area (Å²) in [6.07, 6.45) is 1.66. The number of halogens is 1. The summed E-state index contributed by atoms with van der Waals surface area (Å²) >= 11 is 6.17. The molecule has 3 rings (SSSR count). The quantitative estimate of drug-likeness (QED) is 0.601. The largest absolute Gasteiger partial charge is 0.497 e. The van der Waals surface area contributed by atoms with Gasteiger partial charge in [-0.2, -0.15) is 4.31 Å². The van der Waals surface area contributed by atoms with Gasteiger partial charge in [0.2, 0.25) is 10.0 Å². The van der Waals surface area contributed by atoms with Gasteiger partial charge in [0.1, 0.15) is 18.1 Å². The highest BCUT2D eigenvalue weighted by Gasteiger charge is 2.29. The molecule has 1 heterocycles. The number of methoxy groups -OCH3 is 1. The molecule has 0 aliphatic carbocycles. The lowest BCUT2D eigenvalue weighted by atomic mass is 10.0. The van der Waals surface area contributed by atoms with Gasteiger partial charge in [0, 0.05) is 13.1 Å². The van der Waals surface area contributed by atoms with Gasteiger partial charge in [-0.1, -0.05) is 18.5 Å². The van der Waals surface area contributed by atoms with Crippen molar-refractivity contribution >= 4 is 27.5 Å². The van der Waals surface area contributed by atoms with Gasteiger partial charge >= 0.3 is 0 Å². The van der Waals surface area contributed by atoms with Crippen molar-refractivity contribution in [3.8, 4) is 11.5 Å². The molecule has 1 aliphatic rings. The molecule has 0 unspecified atom stereocenters. The molecule has 1 fully saturated rings. The third-order valence-corrected chi connectivity index (χ3v) is 7.50. The fourth-order valence-corrected chi connectivity index (χ4v) is 5.01. The lowest BCUT2D eigenvalue weighted by Crippen LogP contribution is -2.38. The molecule has 0 bridgehead atoms. The van der Waals surface area contributed by atoms with Crippen LogP contribution < -0.4 is 14.8 Å². The van der Waals surface area contributed by atoms with Crippen LogP contribution in [0.15, 0.2) is 47.4 Å². The third-order valence-electron chi connectivity index (χ3n) is 5.28. The van der Waals surface area contributed by atoms with Crippen LogP contribution in [0.25, 0.3) is 0 Å². The van der Waals surface area contributed by atoms with Crippen molar-refractivity contribution in [3.63, 3.8) is 0 Å². The topological polar surface area (TPSA) is 84.9 Å². The third kappa shape index (κ3) is 5.90. The Balaban J connectivity index is 1.60. The van der Waals surface area contributed by atoms with Crippen LogP contribution in [0.1, 0.15) is 30.1 Å². The molecule has 31 heavy (non-hydrogen) atoms. The van der Waals surface area contributed by atoms with Crippen molar-refractivity contribution in [2.24, 2.45) is 5.92 Å². The molecule has 1 amide bonds. The molecule has 168 valence electrons. The number of carbonyl (C=O) groups excluding carboxylic acids is 1. The molecule has 0 spiro atoms.